The Kier molecular flexibility index (Phi) is 4.35. The number of alkyl halides is 3. The maximum atomic E-state index is 13.0. The summed E-state index contributed by atoms with van der Waals surface area (Å²) in [6.07, 6.45) is -1.42. The first-order chi connectivity index (χ1) is 12.0. The molecule has 3 rings (SSSR count). The van der Waals surface area contributed by atoms with Gasteiger partial charge < -0.3 is 0 Å². The molecule has 1 N–H and O–H groups in total. The molecule has 0 aliphatic rings. The summed E-state index contributed by atoms with van der Waals surface area (Å²) in [4.78, 5) is 0. The molecule has 124 valence electrons. The Bertz CT molecular complexity index is 965. The topological polar surface area (TPSA) is 65.4 Å². The summed E-state index contributed by atoms with van der Waals surface area (Å²) in [5.41, 5.74) is 1.35. The van der Waals surface area contributed by atoms with E-state index in [0.29, 0.717) is 16.8 Å². The monoisotopic (exact) mass is 340 g/mol. The number of nitrogens with zero attached hydrogens (tertiary/aromatic N) is 3. The molecule has 2 aromatic carbocycles. The van der Waals surface area contributed by atoms with Gasteiger partial charge in [-0.25, -0.2) is 5.10 Å². The van der Waals surface area contributed by atoms with Crippen molar-refractivity contribution in [1.82, 2.24) is 15.4 Å². The second kappa shape index (κ2) is 6.61. The van der Waals surface area contributed by atoms with Gasteiger partial charge in [-0.1, -0.05) is 53.8 Å². The number of H-pyrrole nitrogens is 1. The summed E-state index contributed by atoms with van der Waals surface area (Å²) < 4.78 is 39.1. The van der Waals surface area contributed by atoms with E-state index in [4.69, 9.17) is 5.26 Å². The van der Waals surface area contributed by atoms with Crippen LogP contribution in [0.3, 0.4) is 0 Å². The molecule has 0 fully saturated rings. The third kappa shape index (κ3) is 3.58. The van der Waals surface area contributed by atoms with E-state index in [-0.39, 0.29) is 11.3 Å². The average Bonchev–Trinajstić information content (AvgIpc) is 3.08. The number of halogens is 3. The Morgan fingerprint density at radius 3 is 2.60 bits per heavy atom. The largest absolute Gasteiger partial charge is 0.416 e. The van der Waals surface area contributed by atoms with Gasteiger partial charge in [-0.2, -0.15) is 18.4 Å². The van der Waals surface area contributed by atoms with Crippen molar-refractivity contribution in [3.63, 3.8) is 0 Å². The summed E-state index contributed by atoms with van der Waals surface area (Å²) in [6.45, 7) is 0. The number of nitriles is 1. The van der Waals surface area contributed by atoms with E-state index in [2.05, 4.69) is 15.4 Å². The van der Waals surface area contributed by atoms with Crippen molar-refractivity contribution in [3.05, 3.63) is 70.9 Å². The van der Waals surface area contributed by atoms with Crippen molar-refractivity contribution in [2.24, 2.45) is 0 Å². The minimum absolute atomic E-state index is 0.0829. The van der Waals surface area contributed by atoms with E-state index in [0.717, 1.165) is 6.07 Å². The number of hydrogen-bond acceptors (Lipinski definition) is 3. The first-order valence-corrected chi connectivity index (χ1v) is 7.25. The van der Waals surface area contributed by atoms with Gasteiger partial charge in [-0.15, -0.1) is 5.10 Å². The summed E-state index contributed by atoms with van der Waals surface area (Å²) in [7, 11) is 0. The fourth-order valence-corrected chi connectivity index (χ4v) is 2.38. The fourth-order valence-electron chi connectivity index (χ4n) is 2.38. The summed E-state index contributed by atoms with van der Waals surface area (Å²) in [5, 5.41) is 19.0. The highest BCUT2D eigenvalue weighted by Gasteiger charge is 2.32. The lowest BCUT2D eigenvalue weighted by Crippen LogP contribution is -2.06. The van der Waals surface area contributed by atoms with Gasteiger partial charge in [0, 0.05) is 5.56 Å². The number of aromatic nitrogens is 3. The van der Waals surface area contributed by atoms with Crippen molar-refractivity contribution in [2.45, 2.75) is 6.18 Å². The Morgan fingerprint density at radius 1 is 1.04 bits per heavy atom. The fraction of sp³-hybridized carbons (Fsp3) is 0.0556. The van der Waals surface area contributed by atoms with Crippen LogP contribution in [0.4, 0.5) is 13.2 Å². The van der Waals surface area contributed by atoms with E-state index in [1.165, 1.54) is 18.2 Å². The minimum Gasteiger partial charge on any atom is -0.247 e. The number of benzene rings is 2. The standard InChI is InChI=1S/C18H11F3N4/c19-18(20,21)15-7-2-1-5-13(15)9-8-12-4-3-6-14(10-12)17-16(11-22)23-25-24-17/h1-10H,(H,23,24,25)/b9-8+. The van der Waals surface area contributed by atoms with Crippen molar-refractivity contribution in [3.8, 4) is 17.3 Å². The van der Waals surface area contributed by atoms with Crippen LogP contribution in [0.25, 0.3) is 23.4 Å². The first-order valence-electron chi connectivity index (χ1n) is 7.25. The van der Waals surface area contributed by atoms with Crippen LogP contribution in [0, 0.1) is 11.3 Å². The van der Waals surface area contributed by atoms with Crippen LogP contribution in [0.5, 0.6) is 0 Å². The van der Waals surface area contributed by atoms with Crippen molar-refractivity contribution in [2.75, 3.05) is 0 Å². The molecule has 0 saturated carbocycles. The normalized spacial score (nSPS) is 11.6. The molecular formula is C18H11F3N4. The van der Waals surface area contributed by atoms with E-state index < -0.39 is 11.7 Å². The summed E-state index contributed by atoms with van der Waals surface area (Å²) >= 11 is 0. The highest BCUT2D eigenvalue weighted by Crippen LogP contribution is 2.32. The zero-order valence-electron chi connectivity index (χ0n) is 12.7. The SMILES string of the molecule is N#Cc1[nH]nnc1-c1cccc(/C=C/c2ccccc2C(F)(F)F)c1. The van der Waals surface area contributed by atoms with Crippen molar-refractivity contribution < 1.29 is 13.2 Å². The number of aromatic amines is 1. The molecule has 0 unspecified atom stereocenters. The molecule has 25 heavy (non-hydrogen) atoms. The van der Waals surface area contributed by atoms with Gasteiger partial charge in [0.25, 0.3) is 0 Å². The maximum absolute atomic E-state index is 13.0. The van der Waals surface area contributed by atoms with E-state index in [1.54, 1.807) is 36.4 Å². The molecule has 1 heterocycles. The van der Waals surface area contributed by atoms with Crippen LogP contribution < -0.4 is 0 Å². The van der Waals surface area contributed by atoms with E-state index in [9.17, 15) is 13.2 Å². The van der Waals surface area contributed by atoms with Crippen LogP contribution in [-0.2, 0) is 6.18 Å². The Morgan fingerprint density at radius 2 is 1.84 bits per heavy atom. The minimum atomic E-state index is -4.41. The highest BCUT2D eigenvalue weighted by molar-refractivity contribution is 5.74. The zero-order valence-corrected chi connectivity index (χ0v) is 12.7. The summed E-state index contributed by atoms with van der Waals surface area (Å²) in [6, 6.07) is 14.3. The van der Waals surface area contributed by atoms with Crippen molar-refractivity contribution >= 4 is 12.2 Å². The van der Waals surface area contributed by atoms with Crippen LogP contribution in [-0.4, -0.2) is 15.4 Å². The van der Waals surface area contributed by atoms with Gasteiger partial charge in [0.1, 0.15) is 11.8 Å². The molecule has 0 aliphatic carbocycles. The van der Waals surface area contributed by atoms with Crippen LogP contribution >= 0.6 is 0 Å². The second-order valence-corrected chi connectivity index (χ2v) is 5.19. The summed E-state index contributed by atoms with van der Waals surface area (Å²) in [5.74, 6) is 0. The van der Waals surface area contributed by atoms with Gasteiger partial charge in [-0.3, -0.25) is 0 Å². The Labute approximate surface area is 141 Å². The molecule has 0 spiro atoms. The van der Waals surface area contributed by atoms with Crippen molar-refractivity contribution in [1.29, 1.82) is 5.26 Å². The molecule has 1 aromatic heterocycles. The molecule has 0 saturated heterocycles. The molecule has 4 nitrogen and oxygen atoms in total. The number of nitrogens with one attached hydrogen (secondary N) is 1. The Balaban J connectivity index is 1.94. The lowest BCUT2D eigenvalue weighted by molar-refractivity contribution is -0.137. The smallest absolute Gasteiger partial charge is 0.247 e. The quantitative estimate of drug-likeness (QED) is 0.712. The van der Waals surface area contributed by atoms with Gasteiger partial charge in [0.2, 0.25) is 0 Å². The maximum Gasteiger partial charge on any atom is 0.416 e. The van der Waals surface area contributed by atoms with Gasteiger partial charge >= 0.3 is 6.18 Å². The lowest BCUT2D eigenvalue weighted by atomic mass is 10.0. The van der Waals surface area contributed by atoms with Gasteiger partial charge in [-0.05, 0) is 23.3 Å². The molecule has 0 bridgehead atoms. The molecule has 7 heteroatoms. The number of hydrogen-bond donors (Lipinski definition) is 1. The third-order valence-corrected chi connectivity index (χ3v) is 3.54. The zero-order chi connectivity index (χ0) is 17.9. The van der Waals surface area contributed by atoms with E-state index >= 15 is 0 Å². The molecule has 0 radical (unpaired) electrons. The van der Waals surface area contributed by atoms with E-state index in [1.807, 2.05) is 6.07 Å². The van der Waals surface area contributed by atoms with Gasteiger partial charge in [0.15, 0.2) is 5.69 Å². The predicted molar refractivity (Wildman–Crippen MR) is 86.9 cm³/mol. The lowest BCUT2D eigenvalue weighted by Gasteiger charge is -2.09. The predicted octanol–water partition coefficient (Wildman–Crippen LogP) is 4.53. The highest BCUT2D eigenvalue weighted by atomic mass is 19.4. The average molecular weight is 340 g/mol. The second-order valence-electron chi connectivity index (χ2n) is 5.19. The molecule has 3 aromatic rings. The molecule has 0 atom stereocenters. The Hall–Kier alpha value is -3.40. The van der Waals surface area contributed by atoms with Gasteiger partial charge in [0.05, 0.1) is 5.56 Å². The third-order valence-electron chi connectivity index (χ3n) is 3.54. The van der Waals surface area contributed by atoms with Crippen LogP contribution in [0.2, 0.25) is 0 Å². The molecular weight excluding hydrogens is 329 g/mol. The van der Waals surface area contributed by atoms with Crippen LogP contribution in [0.1, 0.15) is 22.4 Å². The van der Waals surface area contributed by atoms with Crippen LogP contribution in [0.15, 0.2) is 48.5 Å². The molecule has 0 aliphatic heterocycles. The number of rotatable bonds is 3. The molecule has 0 amide bonds. The first kappa shape index (κ1) is 16.5.